The quantitative estimate of drug-likeness (QED) is 0.793. The Bertz CT molecular complexity index is 586. The van der Waals surface area contributed by atoms with Crippen LogP contribution in [0, 0.1) is 0 Å². The largest absolute Gasteiger partial charge is 0.327 e. The Hall–Kier alpha value is -0.670. The fourth-order valence-electron chi connectivity index (χ4n) is 1.85. The Balaban J connectivity index is 2.16. The Morgan fingerprint density at radius 2 is 1.75 bits per heavy atom. The average Bonchev–Trinajstić information content (AvgIpc) is 2.44. The molecule has 20 heavy (non-hydrogen) atoms. The van der Waals surface area contributed by atoms with Crippen molar-refractivity contribution in [3.8, 4) is 0 Å². The molecule has 2 rings (SSSR count). The highest BCUT2D eigenvalue weighted by atomic mass is 35.5. The minimum absolute atomic E-state index is 0.188. The lowest BCUT2D eigenvalue weighted by atomic mass is 10.1. The maximum absolute atomic E-state index is 6.35. The Kier molecular flexibility index (Phi) is 5.79. The first-order chi connectivity index (χ1) is 9.60. The number of rotatable bonds is 5. The maximum atomic E-state index is 6.35. The van der Waals surface area contributed by atoms with Crippen LogP contribution in [0.5, 0.6) is 0 Å². The first-order valence-electron chi connectivity index (χ1n) is 6.56. The van der Waals surface area contributed by atoms with E-state index in [1.807, 2.05) is 36.4 Å². The molecule has 0 spiro atoms. The minimum atomic E-state index is 0.188. The molecule has 2 aromatic rings. The maximum Gasteiger partial charge on any atom is 0.0548 e. The fourth-order valence-corrected chi connectivity index (χ4v) is 3.26. The van der Waals surface area contributed by atoms with Gasteiger partial charge in [-0.05, 0) is 42.7 Å². The number of hydrogen-bond acceptors (Lipinski definition) is 2. The van der Waals surface area contributed by atoms with Crippen LogP contribution in [-0.2, 0) is 6.42 Å². The molecule has 0 heterocycles. The van der Waals surface area contributed by atoms with Gasteiger partial charge in [0.2, 0.25) is 0 Å². The molecule has 0 aromatic heterocycles. The highest BCUT2D eigenvalue weighted by Gasteiger charge is 2.08. The molecule has 0 bridgehead atoms. The van der Waals surface area contributed by atoms with Gasteiger partial charge in [-0.15, -0.1) is 0 Å². The van der Waals surface area contributed by atoms with Gasteiger partial charge in [0.1, 0.15) is 0 Å². The molecule has 0 amide bonds. The van der Waals surface area contributed by atoms with Crippen LogP contribution < -0.4 is 5.73 Å². The average molecular weight is 326 g/mol. The van der Waals surface area contributed by atoms with Crippen LogP contribution in [0.2, 0.25) is 10.0 Å². The molecule has 1 unspecified atom stereocenters. The second kappa shape index (κ2) is 7.37. The van der Waals surface area contributed by atoms with Crippen LogP contribution in [-0.4, -0.2) is 6.04 Å². The second-order valence-electron chi connectivity index (χ2n) is 4.67. The topological polar surface area (TPSA) is 26.0 Å². The third kappa shape index (κ3) is 4.16. The summed E-state index contributed by atoms with van der Waals surface area (Å²) in [6.45, 7) is 2.09. The molecule has 4 heteroatoms. The van der Waals surface area contributed by atoms with Crippen LogP contribution in [0.4, 0.5) is 0 Å². The van der Waals surface area contributed by atoms with Gasteiger partial charge in [-0.1, -0.05) is 60.1 Å². The highest BCUT2D eigenvalue weighted by molar-refractivity contribution is 7.99. The fraction of sp³-hybridized carbons (Fsp3) is 0.250. The van der Waals surface area contributed by atoms with Crippen molar-refractivity contribution in [3.63, 3.8) is 0 Å². The van der Waals surface area contributed by atoms with E-state index in [1.54, 1.807) is 11.8 Å². The molecular formula is C16H17Cl2NS. The number of nitrogens with two attached hydrogens (primary N) is 1. The summed E-state index contributed by atoms with van der Waals surface area (Å²) in [5.74, 6) is 0. The minimum Gasteiger partial charge on any atom is -0.327 e. The normalized spacial score (nSPS) is 12.4. The molecule has 2 aromatic carbocycles. The molecule has 1 nitrogen and oxygen atoms in total. The van der Waals surface area contributed by atoms with Crippen molar-refractivity contribution in [2.45, 2.75) is 35.6 Å². The third-order valence-corrected chi connectivity index (χ3v) is 5.09. The van der Waals surface area contributed by atoms with E-state index in [-0.39, 0.29) is 6.04 Å². The predicted molar refractivity (Wildman–Crippen MR) is 89.0 cm³/mol. The smallest absolute Gasteiger partial charge is 0.0548 e. The molecule has 0 saturated carbocycles. The summed E-state index contributed by atoms with van der Waals surface area (Å²) < 4.78 is 0. The molecular weight excluding hydrogens is 309 g/mol. The SMILES string of the molecule is CCC(N)Cc1ccc(Sc2ccccc2Cl)c(Cl)c1. The van der Waals surface area contributed by atoms with Gasteiger partial charge in [-0.25, -0.2) is 0 Å². The first-order valence-corrected chi connectivity index (χ1v) is 8.13. The van der Waals surface area contributed by atoms with Crippen molar-refractivity contribution in [2.75, 3.05) is 0 Å². The first kappa shape index (κ1) is 15.7. The van der Waals surface area contributed by atoms with Crippen molar-refractivity contribution in [1.82, 2.24) is 0 Å². The van der Waals surface area contributed by atoms with Crippen LogP contribution in [0.1, 0.15) is 18.9 Å². The van der Waals surface area contributed by atoms with E-state index < -0.39 is 0 Å². The second-order valence-corrected chi connectivity index (χ2v) is 6.57. The van der Waals surface area contributed by atoms with Crippen LogP contribution in [0.15, 0.2) is 52.3 Å². The molecule has 0 aliphatic rings. The molecule has 0 aliphatic heterocycles. The number of benzene rings is 2. The van der Waals surface area contributed by atoms with Crippen molar-refractivity contribution in [2.24, 2.45) is 5.73 Å². The van der Waals surface area contributed by atoms with E-state index in [9.17, 15) is 0 Å². The van der Waals surface area contributed by atoms with Gasteiger partial charge in [-0.2, -0.15) is 0 Å². The molecule has 1 atom stereocenters. The Morgan fingerprint density at radius 1 is 1.05 bits per heavy atom. The lowest BCUT2D eigenvalue weighted by Crippen LogP contribution is -2.21. The van der Waals surface area contributed by atoms with Crippen LogP contribution in [0.3, 0.4) is 0 Å². The van der Waals surface area contributed by atoms with E-state index in [0.717, 1.165) is 32.7 Å². The predicted octanol–water partition coefficient (Wildman–Crippen LogP) is 5.42. The Labute approximate surface area is 134 Å². The summed E-state index contributed by atoms with van der Waals surface area (Å²) in [6, 6.07) is 14.1. The van der Waals surface area contributed by atoms with Crippen molar-refractivity contribution >= 4 is 35.0 Å². The third-order valence-electron chi connectivity index (χ3n) is 3.08. The van der Waals surface area contributed by atoms with Crippen molar-refractivity contribution in [1.29, 1.82) is 0 Å². The van der Waals surface area contributed by atoms with Crippen LogP contribution in [0.25, 0.3) is 0 Å². The van der Waals surface area contributed by atoms with E-state index in [0.29, 0.717) is 0 Å². The van der Waals surface area contributed by atoms with E-state index in [2.05, 4.69) is 13.0 Å². The van der Waals surface area contributed by atoms with Crippen LogP contribution >= 0.6 is 35.0 Å². The molecule has 0 saturated heterocycles. The van der Waals surface area contributed by atoms with Crippen molar-refractivity contribution < 1.29 is 0 Å². The highest BCUT2D eigenvalue weighted by Crippen LogP contribution is 2.37. The molecule has 106 valence electrons. The Morgan fingerprint density at radius 3 is 2.40 bits per heavy atom. The lowest BCUT2D eigenvalue weighted by molar-refractivity contribution is 0.646. The number of hydrogen-bond donors (Lipinski definition) is 1. The summed E-state index contributed by atoms with van der Waals surface area (Å²) >= 11 is 14.1. The van der Waals surface area contributed by atoms with E-state index in [1.165, 1.54) is 5.56 Å². The summed E-state index contributed by atoms with van der Waals surface area (Å²) in [4.78, 5) is 2.02. The van der Waals surface area contributed by atoms with Gasteiger partial charge in [-0.3, -0.25) is 0 Å². The zero-order valence-corrected chi connectivity index (χ0v) is 13.6. The van der Waals surface area contributed by atoms with Gasteiger partial charge in [0, 0.05) is 15.8 Å². The van der Waals surface area contributed by atoms with E-state index in [4.69, 9.17) is 28.9 Å². The van der Waals surface area contributed by atoms with Gasteiger partial charge in [0.05, 0.1) is 10.0 Å². The number of halogens is 2. The molecule has 0 aliphatic carbocycles. The zero-order chi connectivity index (χ0) is 14.5. The lowest BCUT2D eigenvalue weighted by Gasteiger charge is -2.11. The van der Waals surface area contributed by atoms with Gasteiger partial charge in [0.25, 0.3) is 0 Å². The summed E-state index contributed by atoms with van der Waals surface area (Å²) in [5.41, 5.74) is 7.14. The van der Waals surface area contributed by atoms with Crippen molar-refractivity contribution in [3.05, 3.63) is 58.1 Å². The van der Waals surface area contributed by atoms with E-state index >= 15 is 0 Å². The standard InChI is InChI=1S/C16H17Cl2NS/c1-2-12(19)9-11-7-8-16(14(18)10-11)20-15-6-4-3-5-13(15)17/h3-8,10,12H,2,9,19H2,1H3. The van der Waals surface area contributed by atoms with Gasteiger partial charge in [0.15, 0.2) is 0 Å². The monoisotopic (exact) mass is 325 g/mol. The molecule has 0 fully saturated rings. The van der Waals surface area contributed by atoms with Gasteiger partial charge >= 0.3 is 0 Å². The summed E-state index contributed by atoms with van der Waals surface area (Å²) in [6.07, 6.45) is 1.82. The summed E-state index contributed by atoms with van der Waals surface area (Å²) in [5, 5.41) is 1.49. The summed E-state index contributed by atoms with van der Waals surface area (Å²) in [7, 11) is 0. The molecule has 0 radical (unpaired) electrons. The zero-order valence-electron chi connectivity index (χ0n) is 11.3. The molecule has 2 N–H and O–H groups in total. The van der Waals surface area contributed by atoms with Gasteiger partial charge < -0.3 is 5.73 Å².